The Morgan fingerprint density at radius 3 is 2.67 bits per heavy atom. The van der Waals surface area contributed by atoms with Crippen molar-refractivity contribution in [3.8, 4) is 6.07 Å². The lowest BCUT2D eigenvalue weighted by Gasteiger charge is -2.33. The second kappa shape index (κ2) is 5.75. The fraction of sp³-hybridized carbons (Fsp3) is 0.533. The Labute approximate surface area is 118 Å². The number of hydrogen-bond donors (Lipinski definition) is 1. The van der Waals surface area contributed by atoms with Crippen LogP contribution in [0.15, 0.2) is 22.7 Å². The number of nitriles is 1. The molecule has 1 N–H and O–H groups in total. The SMILES string of the molecule is CC1CCC(Nc2ccc(C#N)cc2Br)CC1C. The predicted octanol–water partition coefficient (Wildman–Crippen LogP) is 4.56. The zero-order chi connectivity index (χ0) is 13.1. The molecule has 1 saturated carbocycles. The van der Waals surface area contributed by atoms with Crippen LogP contribution in [0, 0.1) is 23.2 Å². The van der Waals surface area contributed by atoms with Crippen LogP contribution >= 0.6 is 15.9 Å². The van der Waals surface area contributed by atoms with Crippen molar-refractivity contribution in [1.82, 2.24) is 0 Å². The Hall–Kier alpha value is -1.01. The number of anilines is 1. The molecule has 1 aromatic carbocycles. The molecule has 0 spiro atoms. The van der Waals surface area contributed by atoms with Crippen LogP contribution in [0.4, 0.5) is 5.69 Å². The van der Waals surface area contributed by atoms with Crippen LogP contribution in [-0.2, 0) is 0 Å². The monoisotopic (exact) mass is 306 g/mol. The van der Waals surface area contributed by atoms with Crippen molar-refractivity contribution >= 4 is 21.6 Å². The first-order valence-electron chi connectivity index (χ1n) is 6.56. The maximum absolute atomic E-state index is 8.85. The summed E-state index contributed by atoms with van der Waals surface area (Å²) >= 11 is 3.53. The van der Waals surface area contributed by atoms with E-state index >= 15 is 0 Å². The molecule has 0 amide bonds. The van der Waals surface area contributed by atoms with Gasteiger partial charge in [-0.3, -0.25) is 0 Å². The lowest BCUT2D eigenvalue weighted by Crippen LogP contribution is -2.30. The van der Waals surface area contributed by atoms with Crippen LogP contribution in [0.25, 0.3) is 0 Å². The smallest absolute Gasteiger partial charge is 0.0992 e. The highest BCUT2D eigenvalue weighted by molar-refractivity contribution is 9.10. The van der Waals surface area contributed by atoms with E-state index in [1.54, 1.807) is 0 Å². The summed E-state index contributed by atoms with van der Waals surface area (Å²) in [6, 6.07) is 8.44. The van der Waals surface area contributed by atoms with Crippen molar-refractivity contribution in [2.24, 2.45) is 11.8 Å². The van der Waals surface area contributed by atoms with Gasteiger partial charge < -0.3 is 5.32 Å². The first kappa shape index (κ1) is 13.4. The highest BCUT2D eigenvalue weighted by Gasteiger charge is 2.24. The first-order valence-corrected chi connectivity index (χ1v) is 7.35. The van der Waals surface area contributed by atoms with Gasteiger partial charge >= 0.3 is 0 Å². The maximum Gasteiger partial charge on any atom is 0.0992 e. The van der Waals surface area contributed by atoms with Gasteiger partial charge in [0, 0.05) is 16.2 Å². The number of nitrogens with one attached hydrogen (secondary N) is 1. The summed E-state index contributed by atoms with van der Waals surface area (Å²) in [5.41, 5.74) is 1.79. The molecular weight excluding hydrogens is 288 g/mol. The number of hydrogen-bond acceptors (Lipinski definition) is 2. The largest absolute Gasteiger partial charge is 0.381 e. The topological polar surface area (TPSA) is 35.8 Å². The average molecular weight is 307 g/mol. The summed E-state index contributed by atoms with van der Waals surface area (Å²) in [7, 11) is 0. The molecular formula is C15H19BrN2. The van der Waals surface area contributed by atoms with Crippen LogP contribution in [0.2, 0.25) is 0 Å². The number of rotatable bonds is 2. The molecule has 0 aliphatic heterocycles. The number of benzene rings is 1. The lowest BCUT2D eigenvalue weighted by molar-refractivity contribution is 0.261. The zero-order valence-corrected chi connectivity index (χ0v) is 12.5. The lowest BCUT2D eigenvalue weighted by atomic mass is 9.79. The van der Waals surface area contributed by atoms with Crippen molar-refractivity contribution in [2.75, 3.05) is 5.32 Å². The molecule has 3 atom stereocenters. The summed E-state index contributed by atoms with van der Waals surface area (Å²) in [4.78, 5) is 0. The van der Waals surface area contributed by atoms with E-state index in [0.29, 0.717) is 11.6 Å². The predicted molar refractivity (Wildman–Crippen MR) is 78.4 cm³/mol. The fourth-order valence-electron chi connectivity index (χ4n) is 2.60. The minimum atomic E-state index is 0.556. The second-order valence-corrected chi connectivity index (χ2v) is 6.27. The summed E-state index contributed by atoms with van der Waals surface area (Å²) in [6.07, 6.45) is 3.76. The Morgan fingerprint density at radius 2 is 2.06 bits per heavy atom. The van der Waals surface area contributed by atoms with Gasteiger partial charge in [0.25, 0.3) is 0 Å². The van der Waals surface area contributed by atoms with Crippen molar-refractivity contribution in [3.63, 3.8) is 0 Å². The molecule has 3 unspecified atom stereocenters. The van der Waals surface area contributed by atoms with E-state index in [1.807, 2.05) is 18.2 Å². The normalized spacial score (nSPS) is 27.6. The summed E-state index contributed by atoms with van der Waals surface area (Å²) in [5, 5.41) is 12.4. The molecule has 96 valence electrons. The molecule has 0 radical (unpaired) electrons. The third kappa shape index (κ3) is 3.05. The maximum atomic E-state index is 8.85. The average Bonchev–Trinajstić information content (AvgIpc) is 2.36. The van der Waals surface area contributed by atoms with Gasteiger partial charge in [0.1, 0.15) is 0 Å². The van der Waals surface area contributed by atoms with E-state index in [2.05, 4.69) is 41.2 Å². The van der Waals surface area contributed by atoms with E-state index in [4.69, 9.17) is 5.26 Å². The Balaban J connectivity index is 2.04. The quantitative estimate of drug-likeness (QED) is 0.869. The Kier molecular flexibility index (Phi) is 4.29. The van der Waals surface area contributed by atoms with E-state index in [9.17, 15) is 0 Å². The van der Waals surface area contributed by atoms with Crippen molar-refractivity contribution < 1.29 is 0 Å². The van der Waals surface area contributed by atoms with E-state index in [1.165, 1.54) is 19.3 Å². The van der Waals surface area contributed by atoms with Gasteiger partial charge in [-0.1, -0.05) is 13.8 Å². The van der Waals surface area contributed by atoms with Crippen molar-refractivity contribution in [1.29, 1.82) is 5.26 Å². The van der Waals surface area contributed by atoms with Crippen LogP contribution in [-0.4, -0.2) is 6.04 Å². The van der Waals surface area contributed by atoms with Crippen LogP contribution in [0.3, 0.4) is 0 Å². The molecule has 2 nitrogen and oxygen atoms in total. The summed E-state index contributed by atoms with van der Waals surface area (Å²) in [5.74, 6) is 1.63. The number of nitrogens with zero attached hydrogens (tertiary/aromatic N) is 1. The van der Waals surface area contributed by atoms with Gasteiger partial charge in [0.15, 0.2) is 0 Å². The molecule has 3 heteroatoms. The minimum absolute atomic E-state index is 0.556. The third-order valence-electron chi connectivity index (χ3n) is 4.06. The highest BCUT2D eigenvalue weighted by atomic mass is 79.9. The summed E-state index contributed by atoms with van der Waals surface area (Å²) < 4.78 is 0.979. The van der Waals surface area contributed by atoms with E-state index in [0.717, 1.165) is 22.0 Å². The van der Waals surface area contributed by atoms with Gasteiger partial charge in [0.2, 0.25) is 0 Å². The minimum Gasteiger partial charge on any atom is -0.381 e. The van der Waals surface area contributed by atoms with E-state index < -0.39 is 0 Å². The molecule has 0 aromatic heterocycles. The Morgan fingerprint density at radius 1 is 1.28 bits per heavy atom. The Bertz CT molecular complexity index is 464. The fourth-order valence-corrected chi connectivity index (χ4v) is 3.09. The van der Waals surface area contributed by atoms with Gasteiger partial charge in [-0.2, -0.15) is 5.26 Å². The molecule has 0 heterocycles. The molecule has 1 fully saturated rings. The molecule has 1 aromatic rings. The third-order valence-corrected chi connectivity index (χ3v) is 4.71. The molecule has 0 bridgehead atoms. The van der Waals surface area contributed by atoms with Crippen LogP contribution in [0.5, 0.6) is 0 Å². The van der Waals surface area contributed by atoms with Crippen LogP contribution in [0.1, 0.15) is 38.7 Å². The molecule has 18 heavy (non-hydrogen) atoms. The van der Waals surface area contributed by atoms with Gasteiger partial charge in [-0.15, -0.1) is 0 Å². The standard InChI is InChI=1S/C15H19BrN2/c1-10-3-5-13(7-11(10)2)18-15-6-4-12(9-17)8-14(15)16/h4,6,8,10-11,13,18H,3,5,7H2,1-2H3. The molecule has 0 saturated heterocycles. The molecule has 2 rings (SSSR count). The van der Waals surface area contributed by atoms with E-state index in [-0.39, 0.29) is 0 Å². The van der Waals surface area contributed by atoms with Crippen molar-refractivity contribution in [3.05, 3.63) is 28.2 Å². The van der Waals surface area contributed by atoms with Gasteiger partial charge in [-0.25, -0.2) is 0 Å². The first-order chi connectivity index (χ1) is 8.60. The summed E-state index contributed by atoms with van der Waals surface area (Å²) in [6.45, 7) is 4.69. The van der Waals surface area contributed by atoms with Gasteiger partial charge in [-0.05, 0) is 65.2 Å². The zero-order valence-electron chi connectivity index (χ0n) is 10.9. The molecule has 1 aliphatic carbocycles. The van der Waals surface area contributed by atoms with Crippen molar-refractivity contribution in [2.45, 2.75) is 39.2 Å². The molecule has 1 aliphatic rings. The highest BCUT2D eigenvalue weighted by Crippen LogP contribution is 2.32. The second-order valence-electron chi connectivity index (χ2n) is 5.42. The van der Waals surface area contributed by atoms with Crippen LogP contribution < -0.4 is 5.32 Å². The van der Waals surface area contributed by atoms with Gasteiger partial charge in [0.05, 0.1) is 11.6 Å². The number of halogens is 1.